The second-order valence-corrected chi connectivity index (χ2v) is 7.22. The topological polar surface area (TPSA) is 81.3 Å². The van der Waals surface area contributed by atoms with Gasteiger partial charge < -0.3 is 14.5 Å². The Kier molecular flexibility index (Phi) is 6.29. The van der Waals surface area contributed by atoms with Gasteiger partial charge in [-0.2, -0.15) is 8.78 Å². The molecule has 0 amide bonds. The SMILES string of the molecule is CCOC(=O)c1sc2nc(/C(Cl)=C/c3ccc(OC(F)F)cc3)[nH]c(=O)c2c1C. The molecule has 2 heterocycles. The summed E-state index contributed by atoms with van der Waals surface area (Å²) >= 11 is 7.34. The third-order valence-electron chi connectivity index (χ3n) is 3.89. The van der Waals surface area contributed by atoms with Gasteiger partial charge in [0.25, 0.3) is 5.56 Å². The Morgan fingerprint density at radius 1 is 1.34 bits per heavy atom. The van der Waals surface area contributed by atoms with E-state index in [2.05, 4.69) is 14.7 Å². The number of aromatic nitrogens is 2. The summed E-state index contributed by atoms with van der Waals surface area (Å²) in [5.74, 6) is -0.378. The number of H-pyrrole nitrogens is 1. The number of thiophene rings is 1. The number of hydrogen-bond acceptors (Lipinski definition) is 6. The number of benzene rings is 1. The number of rotatable bonds is 6. The Morgan fingerprint density at radius 2 is 2.03 bits per heavy atom. The molecule has 2 aromatic heterocycles. The molecule has 0 aliphatic heterocycles. The first-order valence-electron chi connectivity index (χ1n) is 8.43. The second-order valence-electron chi connectivity index (χ2n) is 5.81. The quantitative estimate of drug-likeness (QED) is 0.556. The maximum Gasteiger partial charge on any atom is 0.387 e. The lowest BCUT2D eigenvalue weighted by Crippen LogP contribution is -2.10. The molecule has 0 saturated heterocycles. The number of fused-ring (bicyclic) bond motifs is 1. The Balaban J connectivity index is 1.96. The number of aromatic amines is 1. The van der Waals surface area contributed by atoms with E-state index in [1.54, 1.807) is 13.8 Å². The summed E-state index contributed by atoms with van der Waals surface area (Å²) in [7, 11) is 0. The smallest absolute Gasteiger partial charge is 0.387 e. The average Bonchev–Trinajstić information content (AvgIpc) is 3.00. The van der Waals surface area contributed by atoms with Crippen molar-refractivity contribution in [3.8, 4) is 5.75 Å². The van der Waals surface area contributed by atoms with Crippen LogP contribution in [-0.4, -0.2) is 29.2 Å². The highest BCUT2D eigenvalue weighted by molar-refractivity contribution is 7.20. The van der Waals surface area contributed by atoms with E-state index in [1.807, 2.05) is 0 Å². The summed E-state index contributed by atoms with van der Waals surface area (Å²) in [4.78, 5) is 32.2. The molecule has 1 N–H and O–H groups in total. The Hall–Kier alpha value is -2.78. The third-order valence-corrected chi connectivity index (χ3v) is 5.34. The Labute approximate surface area is 172 Å². The fourth-order valence-electron chi connectivity index (χ4n) is 2.61. The highest BCUT2D eigenvalue weighted by Gasteiger charge is 2.20. The average molecular weight is 441 g/mol. The number of nitrogens with one attached hydrogen (secondary N) is 1. The summed E-state index contributed by atoms with van der Waals surface area (Å²) in [5.41, 5.74) is 0.661. The molecule has 10 heteroatoms. The maximum absolute atomic E-state index is 12.5. The zero-order valence-electron chi connectivity index (χ0n) is 15.3. The summed E-state index contributed by atoms with van der Waals surface area (Å²) in [6.45, 7) is 0.662. The molecule has 0 aliphatic carbocycles. The van der Waals surface area contributed by atoms with Crippen LogP contribution >= 0.6 is 22.9 Å². The van der Waals surface area contributed by atoms with Gasteiger partial charge in [0.15, 0.2) is 5.82 Å². The zero-order valence-corrected chi connectivity index (χ0v) is 16.9. The molecule has 29 heavy (non-hydrogen) atoms. The molecule has 0 spiro atoms. The van der Waals surface area contributed by atoms with Crippen molar-refractivity contribution in [1.82, 2.24) is 9.97 Å². The molecule has 1 aromatic carbocycles. The van der Waals surface area contributed by atoms with Crippen molar-refractivity contribution in [2.24, 2.45) is 0 Å². The second kappa shape index (κ2) is 8.71. The number of nitrogens with zero attached hydrogens (tertiary/aromatic N) is 1. The standard InChI is InChI=1S/C19H15ClF2N2O4S/c1-3-27-18(26)14-9(2)13-16(25)23-15(24-17(13)29-14)12(20)8-10-4-6-11(7-5-10)28-19(21)22/h4-8,19H,3H2,1-2H3,(H,23,24,25)/b12-8-. The van der Waals surface area contributed by atoms with Gasteiger partial charge in [0.1, 0.15) is 15.5 Å². The first-order valence-corrected chi connectivity index (χ1v) is 9.62. The van der Waals surface area contributed by atoms with Gasteiger partial charge in [-0.25, -0.2) is 9.78 Å². The highest BCUT2D eigenvalue weighted by atomic mass is 35.5. The normalized spacial score (nSPS) is 11.9. The first kappa shape index (κ1) is 20.9. The minimum Gasteiger partial charge on any atom is -0.462 e. The Bertz CT molecular complexity index is 1140. The number of ether oxygens (including phenoxy) is 2. The summed E-state index contributed by atoms with van der Waals surface area (Å²) in [6, 6.07) is 5.81. The molecule has 6 nitrogen and oxygen atoms in total. The number of hydrogen-bond donors (Lipinski definition) is 1. The zero-order chi connectivity index (χ0) is 21.1. The van der Waals surface area contributed by atoms with Gasteiger partial charge in [-0.15, -0.1) is 11.3 Å². The minimum absolute atomic E-state index is 0.0155. The third kappa shape index (κ3) is 4.63. The van der Waals surface area contributed by atoms with E-state index in [-0.39, 0.29) is 23.2 Å². The van der Waals surface area contributed by atoms with Gasteiger partial charge in [0.2, 0.25) is 0 Å². The number of alkyl halides is 2. The molecule has 0 fully saturated rings. The molecule has 152 valence electrons. The van der Waals surface area contributed by atoms with Crippen molar-refractivity contribution < 1.29 is 23.0 Å². The van der Waals surface area contributed by atoms with E-state index in [0.29, 0.717) is 26.2 Å². The van der Waals surface area contributed by atoms with Crippen LogP contribution in [0.25, 0.3) is 21.3 Å². The van der Waals surface area contributed by atoms with Crippen LogP contribution < -0.4 is 10.3 Å². The number of halogens is 3. The van der Waals surface area contributed by atoms with E-state index >= 15 is 0 Å². The molecule has 0 aliphatic rings. The van der Waals surface area contributed by atoms with Gasteiger partial charge >= 0.3 is 12.6 Å². The molecule has 0 unspecified atom stereocenters. The number of carbonyl (C=O) groups is 1. The molecule has 3 aromatic rings. The summed E-state index contributed by atoms with van der Waals surface area (Å²) < 4.78 is 33.7. The van der Waals surface area contributed by atoms with E-state index < -0.39 is 18.1 Å². The predicted octanol–water partition coefficient (Wildman–Crippen LogP) is 4.81. The van der Waals surface area contributed by atoms with Crippen molar-refractivity contribution in [1.29, 1.82) is 0 Å². The molecular weight excluding hydrogens is 426 g/mol. The molecule has 0 atom stereocenters. The van der Waals surface area contributed by atoms with Crippen molar-refractivity contribution in [2.75, 3.05) is 6.61 Å². The molecule has 3 rings (SSSR count). The Morgan fingerprint density at radius 3 is 2.66 bits per heavy atom. The van der Waals surface area contributed by atoms with Crippen LogP contribution in [0, 0.1) is 6.92 Å². The predicted molar refractivity (Wildman–Crippen MR) is 108 cm³/mol. The van der Waals surface area contributed by atoms with Gasteiger partial charge in [0.05, 0.1) is 17.0 Å². The maximum atomic E-state index is 12.5. The van der Waals surface area contributed by atoms with Crippen LogP contribution in [-0.2, 0) is 4.74 Å². The molecular formula is C19H15ClF2N2O4S. The van der Waals surface area contributed by atoms with Crippen molar-refractivity contribution in [3.05, 3.63) is 56.4 Å². The van der Waals surface area contributed by atoms with Crippen LogP contribution in [0.1, 0.15) is 33.5 Å². The molecule has 0 saturated carbocycles. The van der Waals surface area contributed by atoms with Crippen molar-refractivity contribution in [3.63, 3.8) is 0 Å². The minimum atomic E-state index is -2.91. The summed E-state index contributed by atoms with van der Waals surface area (Å²) in [5, 5.41) is 0.440. The summed E-state index contributed by atoms with van der Waals surface area (Å²) in [6.07, 6.45) is 1.52. The highest BCUT2D eigenvalue weighted by Crippen LogP contribution is 2.29. The molecule has 0 radical (unpaired) electrons. The van der Waals surface area contributed by atoms with Crippen LogP contribution in [0.4, 0.5) is 8.78 Å². The lowest BCUT2D eigenvalue weighted by Gasteiger charge is -2.04. The fourth-order valence-corrected chi connectivity index (χ4v) is 3.90. The van der Waals surface area contributed by atoms with Crippen molar-refractivity contribution in [2.45, 2.75) is 20.5 Å². The fraction of sp³-hybridized carbons (Fsp3) is 0.211. The lowest BCUT2D eigenvalue weighted by molar-refractivity contribution is -0.0498. The van der Waals surface area contributed by atoms with Gasteiger partial charge in [-0.3, -0.25) is 4.79 Å². The van der Waals surface area contributed by atoms with Crippen LogP contribution in [0.5, 0.6) is 5.75 Å². The lowest BCUT2D eigenvalue weighted by atomic mass is 10.2. The van der Waals surface area contributed by atoms with Gasteiger partial charge in [-0.05, 0) is 43.2 Å². The number of aryl methyl sites for hydroxylation is 1. The first-order chi connectivity index (χ1) is 13.8. The van der Waals surface area contributed by atoms with E-state index in [9.17, 15) is 18.4 Å². The van der Waals surface area contributed by atoms with E-state index in [4.69, 9.17) is 16.3 Å². The van der Waals surface area contributed by atoms with Crippen LogP contribution in [0.15, 0.2) is 29.1 Å². The van der Waals surface area contributed by atoms with Crippen LogP contribution in [0.2, 0.25) is 0 Å². The molecule has 0 bridgehead atoms. The monoisotopic (exact) mass is 440 g/mol. The van der Waals surface area contributed by atoms with Crippen molar-refractivity contribution >= 4 is 50.2 Å². The van der Waals surface area contributed by atoms with E-state index in [0.717, 1.165) is 11.3 Å². The van der Waals surface area contributed by atoms with E-state index in [1.165, 1.54) is 30.3 Å². The van der Waals surface area contributed by atoms with Gasteiger partial charge in [0, 0.05) is 0 Å². The number of esters is 1. The largest absolute Gasteiger partial charge is 0.462 e. The van der Waals surface area contributed by atoms with Crippen LogP contribution in [0.3, 0.4) is 0 Å². The van der Waals surface area contributed by atoms with Gasteiger partial charge in [-0.1, -0.05) is 23.7 Å². The number of carbonyl (C=O) groups excluding carboxylic acids is 1.